The maximum atomic E-state index is 12.8. The van der Waals surface area contributed by atoms with Crippen molar-refractivity contribution in [2.24, 2.45) is 14.1 Å². The number of ketones is 1. The molecule has 0 N–H and O–H groups in total. The Kier molecular flexibility index (Phi) is 5.29. The van der Waals surface area contributed by atoms with Crippen LogP contribution in [0.3, 0.4) is 0 Å². The Labute approximate surface area is 175 Å². The highest BCUT2D eigenvalue weighted by atomic mass is 35.5. The highest BCUT2D eigenvalue weighted by Gasteiger charge is 2.13. The molecule has 29 heavy (non-hydrogen) atoms. The normalized spacial score (nSPS) is 11.9. The van der Waals surface area contributed by atoms with Crippen LogP contribution in [0, 0.1) is 0 Å². The molecule has 2 aromatic carbocycles. The summed E-state index contributed by atoms with van der Waals surface area (Å²) >= 11 is 6.31. The third-order valence-electron chi connectivity index (χ3n) is 5.53. The molecule has 0 radical (unpaired) electrons. The van der Waals surface area contributed by atoms with E-state index >= 15 is 0 Å². The number of fused-ring (bicyclic) bond motifs is 3. The number of hydrogen-bond acceptors (Lipinski definition) is 2. The van der Waals surface area contributed by atoms with E-state index in [1.54, 1.807) is 12.2 Å². The molecule has 5 heteroatoms. The van der Waals surface area contributed by atoms with E-state index in [2.05, 4.69) is 28.6 Å². The Balaban J connectivity index is 1.66. The van der Waals surface area contributed by atoms with Gasteiger partial charge < -0.3 is 9.13 Å². The van der Waals surface area contributed by atoms with Gasteiger partial charge in [-0.3, -0.25) is 4.79 Å². The van der Waals surface area contributed by atoms with Crippen molar-refractivity contribution in [3.05, 3.63) is 70.8 Å². The van der Waals surface area contributed by atoms with E-state index in [0.717, 1.165) is 52.6 Å². The zero-order chi connectivity index (χ0) is 20.5. The number of aromatic nitrogens is 3. The summed E-state index contributed by atoms with van der Waals surface area (Å²) in [6.07, 6.45) is 6.39. The molecule has 0 amide bonds. The molecule has 0 bridgehead atoms. The third kappa shape index (κ3) is 3.49. The van der Waals surface area contributed by atoms with Crippen LogP contribution in [-0.2, 0) is 20.5 Å². The molecule has 4 nitrogen and oxygen atoms in total. The Hall–Kier alpha value is -2.85. The molecule has 4 aromatic rings. The largest absolute Gasteiger partial charge is 0.344 e. The summed E-state index contributed by atoms with van der Waals surface area (Å²) in [5, 5.41) is 2.67. The first-order valence-electron chi connectivity index (χ1n) is 9.92. The van der Waals surface area contributed by atoms with Gasteiger partial charge in [0, 0.05) is 47.9 Å². The zero-order valence-electron chi connectivity index (χ0n) is 16.9. The monoisotopic (exact) mass is 405 g/mol. The van der Waals surface area contributed by atoms with Gasteiger partial charge in [0.2, 0.25) is 0 Å². The number of carbonyl (C=O) groups is 1. The van der Waals surface area contributed by atoms with E-state index in [4.69, 9.17) is 11.6 Å². The fourth-order valence-electron chi connectivity index (χ4n) is 3.83. The van der Waals surface area contributed by atoms with Gasteiger partial charge in [0.1, 0.15) is 5.82 Å². The lowest BCUT2D eigenvalue weighted by Crippen LogP contribution is -2.00. The molecular formula is C24H24ClN3O. The van der Waals surface area contributed by atoms with E-state index in [9.17, 15) is 4.79 Å². The number of imidazole rings is 1. The van der Waals surface area contributed by atoms with Crippen molar-refractivity contribution in [3.8, 4) is 0 Å². The number of hydrogen-bond donors (Lipinski definition) is 0. The van der Waals surface area contributed by atoms with Crippen LogP contribution in [0.1, 0.15) is 41.6 Å². The quantitative estimate of drug-likeness (QED) is 0.293. The molecule has 0 fully saturated rings. The molecule has 0 aliphatic heterocycles. The second-order valence-corrected chi connectivity index (χ2v) is 7.73. The fourth-order valence-corrected chi connectivity index (χ4v) is 4.12. The number of allylic oxidation sites excluding steroid dienone is 1. The average molecular weight is 406 g/mol. The first kappa shape index (κ1) is 19.5. The van der Waals surface area contributed by atoms with Crippen molar-refractivity contribution < 1.29 is 4.79 Å². The molecule has 0 unspecified atom stereocenters. The summed E-state index contributed by atoms with van der Waals surface area (Å²) in [4.78, 5) is 17.3. The predicted octanol–water partition coefficient (Wildman–Crippen LogP) is 5.96. The number of nitrogens with zero attached hydrogens (tertiary/aromatic N) is 3. The lowest BCUT2D eigenvalue weighted by Gasteiger charge is -2.02. The molecule has 0 saturated carbocycles. The number of unbranched alkanes of at least 4 members (excludes halogenated alkanes) is 1. The van der Waals surface area contributed by atoms with Crippen molar-refractivity contribution in [2.45, 2.75) is 26.2 Å². The summed E-state index contributed by atoms with van der Waals surface area (Å²) in [5.74, 6) is 0.897. The topological polar surface area (TPSA) is 39.8 Å². The molecule has 148 valence electrons. The van der Waals surface area contributed by atoms with Crippen molar-refractivity contribution in [3.63, 3.8) is 0 Å². The van der Waals surface area contributed by atoms with Gasteiger partial charge in [0.15, 0.2) is 10.9 Å². The molecule has 0 aliphatic rings. The van der Waals surface area contributed by atoms with Crippen LogP contribution in [0.5, 0.6) is 0 Å². The molecule has 2 aromatic heterocycles. The van der Waals surface area contributed by atoms with Crippen molar-refractivity contribution in [1.29, 1.82) is 0 Å². The maximum Gasteiger partial charge on any atom is 0.185 e. The predicted molar refractivity (Wildman–Crippen MR) is 121 cm³/mol. The van der Waals surface area contributed by atoms with Gasteiger partial charge in [0.05, 0.1) is 5.69 Å². The summed E-state index contributed by atoms with van der Waals surface area (Å²) < 4.78 is 4.12. The van der Waals surface area contributed by atoms with Crippen molar-refractivity contribution >= 4 is 45.3 Å². The van der Waals surface area contributed by atoms with E-state index in [-0.39, 0.29) is 5.78 Å². The van der Waals surface area contributed by atoms with Crippen molar-refractivity contribution in [1.82, 2.24) is 14.1 Å². The minimum atomic E-state index is -0.0489. The van der Waals surface area contributed by atoms with E-state index in [1.807, 2.05) is 49.0 Å². The summed E-state index contributed by atoms with van der Waals surface area (Å²) in [7, 11) is 3.99. The van der Waals surface area contributed by atoms with E-state index in [0.29, 0.717) is 10.7 Å². The number of carbonyl (C=O) groups excluding carboxylic acids is 1. The van der Waals surface area contributed by atoms with Gasteiger partial charge >= 0.3 is 0 Å². The number of para-hydroxylation sites is 1. The first-order chi connectivity index (χ1) is 14.0. The molecular weight excluding hydrogens is 382 g/mol. The third-order valence-corrected chi connectivity index (χ3v) is 5.81. The summed E-state index contributed by atoms with van der Waals surface area (Å²) in [6.45, 7) is 2.15. The maximum absolute atomic E-state index is 12.8. The van der Waals surface area contributed by atoms with Crippen molar-refractivity contribution in [2.75, 3.05) is 0 Å². The minimum Gasteiger partial charge on any atom is -0.344 e. The molecule has 0 aliphatic carbocycles. The number of benzene rings is 2. The smallest absolute Gasteiger partial charge is 0.185 e. The van der Waals surface area contributed by atoms with Gasteiger partial charge in [-0.2, -0.15) is 0 Å². The van der Waals surface area contributed by atoms with Crippen LogP contribution in [0.4, 0.5) is 0 Å². The molecule has 4 rings (SSSR count). The van der Waals surface area contributed by atoms with Crippen LogP contribution in [0.2, 0.25) is 5.15 Å². The molecule has 2 heterocycles. The van der Waals surface area contributed by atoms with Crippen LogP contribution >= 0.6 is 11.6 Å². The number of rotatable bonds is 6. The van der Waals surface area contributed by atoms with Gasteiger partial charge in [-0.15, -0.1) is 0 Å². The van der Waals surface area contributed by atoms with E-state index in [1.165, 1.54) is 0 Å². The van der Waals surface area contributed by atoms with Crippen LogP contribution in [0.25, 0.3) is 27.9 Å². The number of halogens is 1. The SMILES string of the molecule is CCCCc1nc(Cl)c(/C=C/C(=O)c2ccc3c(c2)c2ccccc2n3C)n1C. The zero-order valence-corrected chi connectivity index (χ0v) is 17.7. The standard InChI is InChI=1S/C24H24ClN3O/c1-4-5-10-23-26-24(25)21(28(23)3)13-14-22(29)16-11-12-20-18(15-16)17-8-6-7-9-19(17)27(20)2/h6-9,11-15H,4-5,10H2,1-3H3/b14-13+. The Morgan fingerprint density at radius 1 is 1.07 bits per heavy atom. The molecule has 0 spiro atoms. The van der Waals surface area contributed by atoms with E-state index < -0.39 is 0 Å². The summed E-state index contributed by atoms with van der Waals surface area (Å²) in [6, 6.07) is 14.1. The second-order valence-electron chi connectivity index (χ2n) is 7.37. The number of aryl methyl sites for hydroxylation is 2. The Morgan fingerprint density at radius 3 is 2.62 bits per heavy atom. The average Bonchev–Trinajstić information content (AvgIpc) is 3.18. The highest BCUT2D eigenvalue weighted by Crippen LogP contribution is 2.29. The Morgan fingerprint density at radius 2 is 1.83 bits per heavy atom. The lowest BCUT2D eigenvalue weighted by atomic mass is 10.1. The van der Waals surface area contributed by atoms with Gasteiger partial charge in [-0.05, 0) is 42.8 Å². The lowest BCUT2D eigenvalue weighted by molar-refractivity contribution is 0.104. The second kappa shape index (κ2) is 7.88. The Bertz CT molecular complexity index is 1250. The van der Waals surface area contributed by atoms with Crippen LogP contribution in [0.15, 0.2) is 48.5 Å². The van der Waals surface area contributed by atoms with Gasteiger partial charge in [0.25, 0.3) is 0 Å². The summed E-state index contributed by atoms with van der Waals surface area (Å²) in [5.41, 5.74) is 3.69. The fraction of sp³-hybridized carbons (Fsp3) is 0.250. The van der Waals surface area contributed by atoms with Crippen LogP contribution in [-0.4, -0.2) is 19.9 Å². The highest BCUT2D eigenvalue weighted by molar-refractivity contribution is 6.31. The van der Waals surface area contributed by atoms with Gasteiger partial charge in [-0.1, -0.05) is 43.1 Å². The molecule has 0 saturated heterocycles. The van der Waals surface area contributed by atoms with Gasteiger partial charge in [-0.25, -0.2) is 4.98 Å². The molecule has 0 atom stereocenters. The van der Waals surface area contributed by atoms with Crippen LogP contribution < -0.4 is 0 Å². The minimum absolute atomic E-state index is 0.0489. The first-order valence-corrected chi connectivity index (χ1v) is 10.3.